The first-order chi connectivity index (χ1) is 8.42. The Labute approximate surface area is 114 Å². The van der Waals surface area contributed by atoms with Crippen molar-refractivity contribution >= 4 is 0 Å². The van der Waals surface area contributed by atoms with Crippen molar-refractivity contribution in [3.8, 4) is 0 Å². The maximum absolute atomic E-state index is 4.43. The minimum Gasteiger partial charge on any atom is -0.0996 e. The second-order valence-corrected chi connectivity index (χ2v) is 7.79. The summed E-state index contributed by atoms with van der Waals surface area (Å²) in [6, 6.07) is 0. The summed E-state index contributed by atoms with van der Waals surface area (Å²) in [5.74, 6) is 1.72. The van der Waals surface area contributed by atoms with Crippen LogP contribution in [0.15, 0.2) is 12.2 Å². The molecule has 18 heavy (non-hydrogen) atoms. The molecule has 2 rings (SSSR count). The van der Waals surface area contributed by atoms with Gasteiger partial charge in [0.1, 0.15) is 0 Å². The SMILES string of the molecule is C=C1CCC2C(C)(C)CCC[C@@]2(C)[C@@H]1CCCC. The van der Waals surface area contributed by atoms with Crippen LogP contribution in [0.5, 0.6) is 0 Å². The smallest absolute Gasteiger partial charge is 0.0149 e. The van der Waals surface area contributed by atoms with E-state index in [1.807, 2.05) is 0 Å². The molecule has 0 saturated heterocycles. The molecule has 3 atom stereocenters. The van der Waals surface area contributed by atoms with Gasteiger partial charge < -0.3 is 0 Å². The number of unbranched alkanes of at least 4 members (excludes halogenated alkanes) is 1. The van der Waals surface area contributed by atoms with Gasteiger partial charge >= 0.3 is 0 Å². The molecule has 0 spiro atoms. The van der Waals surface area contributed by atoms with E-state index < -0.39 is 0 Å². The number of hydrogen-bond acceptors (Lipinski definition) is 0. The zero-order valence-corrected chi connectivity index (χ0v) is 13.0. The molecule has 0 aliphatic heterocycles. The predicted octanol–water partition coefficient (Wildman–Crippen LogP) is 5.98. The Balaban J connectivity index is 2.25. The van der Waals surface area contributed by atoms with Gasteiger partial charge in [0.05, 0.1) is 0 Å². The Morgan fingerprint density at radius 2 is 1.94 bits per heavy atom. The fourth-order valence-electron chi connectivity index (χ4n) is 5.22. The maximum Gasteiger partial charge on any atom is -0.0149 e. The highest BCUT2D eigenvalue weighted by Crippen LogP contribution is 2.61. The Bertz CT molecular complexity index is 312. The molecule has 0 N–H and O–H groups in total. The van der Waals surface area contributed by atoms with Crippen LogP contribution in [0.1, 0.15) is 79.1 Å². The van der Waals surface area contributed by atoms with Gasteiger partial charge in [-0.2, -0.15) is 0 Å². The molecule has 0 heteroatoms. The monoisotopic (exact) mass is 248 g/mol. The fraction of sp³-hybridized carbons (Fsp3) is 0.889. The molecule has 0 aromatic carbocycles. The van der Waals surface area contributed by atoms with Crippen molar-refractivity contribution in [2.45, 2.75) is 79.1 Å². The fourth-order valence-corrected chi connectivity index (χ4v) is 5.22. The Hall–Kier alpha value is -0.260. The van der Waals surface area contributed by atoms with Crippen molar-refractivity contribution in [2.75, 3.05) is 0 Å². The van der Waals surface area contributed by atoms with E-state index in [0.29, 0.717) is 10.8 Å². The summed E-state index contributed by atoms with van der Waals surface area (Å²) in [6.07, 6.45) is 11.1. The van der Waals surface area contributed by atoms with Gasteiger partial charge in [0.15, 0.2) is 0 Å². The van der Waals surface area contributed by atoms with Gasteiger partial charge in [-0.15, -0.1) is 0 Å². The van der Waals surface area contributed by atoms with E-state index in [0.717, 1.165) is 11.8 Å². The van der Waals surface area contributed by atoms with Gasteiger partial charge in [0, 0.05) is 0 Å². The van der Waals surface area contributed by atoms with Gasteiger partial charge in [-0.1, -0.05) is 59.1 Å². The molecule has 2 aliphatic carbocycles. The van der Waals surface area contributed by atoms with Crippen LogP contribution in [-0.4, -0.2) is 0 Å². The highest BCUT2D eigenvalue weighted by Gasteiger charge is 2.52. The molecule has 0 radical (unpaired) electrons. The summed E-state index contributed by atoms with van der Waals surface area (Å²) < 4.78 is 0. The highest BCUT2D eigenvalue weighted by atomic mass is 14.6. The molecule has 0 nitrogen and oxygen atoms in total. The Kier molecular flexibility index (Phi) is 3.95. The van der Waals surface area contributed by atoms with Crippen molar-refractivity contribution < 1.29 is 0 Å². The van der Waals surface area contributed by atoms with Crippen LogP contribution in [0.4, 0.5) is 0 Å². The summed E-state index contributed by atoms with van der Waals surface area (Å²) in [5, 5.41) is 0. The number of hydrogen-bond donors (Lipinski definition) is 0. The largest absolute Gasteiger partial charge is 0.0996 e. The third-order valence-electron chi connectivity index (χ3n) is 6.17. The van der Waals surface area contributed by atoms with Crippen LogP contribution in [0.3, 0.4) is 0 Å². The highest BCUT2D eigenvalue weighted by molar-refractivity contribution is 5.15. The van der Waals surface area contributed by atoms with E-state index in [9.17, 15) is 0 Å². The van der Waals surface area contributed by atoms with E-state index in [-0.39, 0.29) is 0 Å². The predicted molar refractivity (Wildman–Crippen MR) is 80.6 cm³/mol. The quantitative estimate of drug-likeness (QED) is 0.539. The molecule has 0 bridgehead atoms. The van der Waals surface area contributed by atoms with E-state index in [1.54, 1.807) is 5.57 Å². The van der Waals surface area contributed by atoms with Crippen LogP contribution < -0.4 is 0 Å². The molecule has 1 unspecified atom stereocenters. The van der Waals surface area contributed by atoms with Gasteiger partial charge in [0.25, 0.3) is 0 Å². The summed E-state index contributed by atoms with van der Waals surface area (Å²) in [7, 11) is 0. The van der Waals surface area contributed by atoms with Crippen LogP contribution in [0.2, 0.25) is 0 Å². The van der Waals surface area contributed by atoms with Gasteiger partial charge in [-0.3, -0.25) is 0 Å². The molecule has 0 aromatic rings. The first-order valence-electron chi connectivity index (χ1n) is 8.09. The number of rotatable bonds is 3. The molecule has 0 heterocycles. The third-order valence-corrected chi connectivity index (χ3v) is 6.17. The molecule has 0 aromatic heterocycles. The average Bonchev–Trinajstić information content (AvgIpc) is 2.27. The summed E-state index contributed by atoms with van der Waals surface area (Å²) in [4.78, 5) is 0. The molecule has 2 saturated carbocycles. The second-order valence-electron chi connectivity index (χ2n) is 7.79. The molecular weight excluding hydrogens is 216 g/mol. The summed E-state index contributed by atoms with van der Waals surface area (Å²) in [5.41, 5.74) is 2.67. The topological polar surface area (TPSA) is 0 Å². The third kappa shape index (κ3) is 2.28. The lowest BCUT2D eigenvalue weighted by Crippen LogP contribution is -2.49. The molecule has 0 amide bonds. The lowest BCUT2D eigenvalue weighted by molar-refractivity contribution is -0.0544. The first-order valence-corrected chi connectivity index (χ1v) is 8.09. The van der Waals surface area contributed by atoms with Crippen molar-refractivity contribution in [3.05, 3.63) is 12.2 Å². The average molecular weight is 248 g/mol. The van der Waals surface area contributed by atoms with Crippen LogP contribution in [0, 0.1) is 22.7 Å². The van der Waals surface area contributed by atoms with E-state index >= 15 is 0 Å². The minimum atomic E-state index is 0.548. The summed E-state index contributed by atoms with van der Waals surface area (Å²) in [6.45, 7) is 14.4. The van der Waals surface area contributed by atoms with E-state index in [4.69, 9.17) is 0 Å². The Morgan fingerprint density at radius 1 is 1.22 bits per heavy atom. The first kappa shape index (κ1) is 14.2. The standard InChI is InChI=1S/C18H32/c1-6-7-9-15-14(2)10-11-16-17(3,4)12-8-13-18(15,16)5/h15-16H,2,6-13H2,1,3-5H3/t15-,16?,18+/m1/s1. The van der Waals surface area contributed by atoms with Gasteiger partial charge in [-0.05, 0) is 54.8 Å². The van der Waals surface area contributed by atoms with Crippen molar-refractivity contribution in [1.29, 1.82) is 0 Å². The zero-order chi connectivity index (χ0) is 13.4. The van der Waals surface area contributed by atoms with Crippen molar-refractivity contribution in [3.63, 3.8) is 0 Å². The van der Waals surface area contributed by atoms with Crippen LogP contribution >= 0.6 is 0 Å². The second kappa shape index (κ2) is 5.02. The summed E-state index contributed by atoms with van der Waals surface area (Å²) >= 11 is 0. The Morgan fingerprint density at radius 3 is 2.61 bits per heavy atom. The van der Waals surface area contributed by atoms with Gasteiger partial charge in [-0.25, -0.2) is 0 Å². The minimum absolute atomic E-state index is 0.548. The zero-order valence-electron chi connectivity index (χ0n) is 13.0. The molecule has 2 fully saturated rings. The van der Waals surface area contributed by atoms with Crippen LogP contribution in [0.25, 0.3) is 0 Å². The van der Waals surface area contributed by atoms with Crippen molar-refractivity contribution in [2.24, 2.45) is 22.7 Å². The molecule has 2 aliphatic rings. The molecular formula is C18H32. The normalized spacial score (nSPS) is 39.4. The van der Waals surface area contributed by atoms with Crippen molar-refractivity contribution in [1.82, 2.24) is 0 Å². The van der Waals surface area contributed by atoms with Crippen LogP contribution in [-0.2, 0) is 0 Å². The number of allylic oxidation sites excluding steroid dienone is 1. The van der Waals surface area contributed by atoms with Gasteiger partial charge in [0.2, 0.25) is 0 Å². The lowest BCUT2D eigenvalue weighted by atomic mass is 9.47. The van der Waals surface area contributed by atoms with E-state index in [2.05, 4.69) is 34.3 Å². The maximum atomic E-state index is 4.43. The van der Waals surface area contributed by atoms with E-state index in [1.165, 1.54) is 51.4 Å². The number of fused-ring (bicyclic) bond motifs is 1. The lowest BCUT2D eigenvalue weighted by Gasteiger charge is -2.58. The molecule has 104 valence electrons.